The van der Waals surface area contributed by atoms with E-state index in [0.717, 1.165) is 44.9 Å². The van der Waals surface area contributed by atoms with Crippen LogP contribution in [0.25, 0.3) is 0 Å². The molecule has 2 fully saturated rings. The minimum Gasteiger partial charge on any atom is -0.460 e. The van der Waals surface area contributed by atoms with Crippen LogP contribution in [-0.2, 0) is 35.0 Å². The second-order valence-corrected chi connectivity index (χ2v) is 13.9. The first-order chi connectivity index (χ1) is 21.0. The lowest BCUT2D eigenvalue weighted by molar-refractivity contribution is -0.304. The van der Waals surface area contributed by atoms with E-state index in [9.17, 15) is 14.4 Å². The van der Waals surface area contributed by atoms with Crippen molar-refractivity contribution in [1.29, 1.82) is 0 Å². The quantitative estimate of drug-likeness (QED) is 0.151. The number of esters is 1. The topological polar surface area (TPSA) is 103 Å². The van der Waals surface area contributed by atoms with Crippen molar-refractivity contribution in [2.75, 3.05) is 13.2 Å². The fourth-order valence-electron chi connectivity index (χ4n) is 6.21. The van der Waals surface area contributed by atoms with E-state index in [1.54, 1.807) is 13.8 Å². The van der Waals surface area contributed by atoms with Gasteiger partial charge in [-0.25, -0.2) is 0 Å². The van der Waals surface area contributed by atoms with E-state index >= 15 is 0 Å². The number of carbonyl (C=O) groups excluding carboxylic acids is 3. The first-order valence-corrected chi connectivity index (χ1v) is 17.1. The zero-order chi connectivity index (χ0) is 32.0. The monoisotopic (exact) mass is 614 g/mol. The predicted molar refractivity (Wildman–Crippen MR) is 173 cm³/mol. The van der Waals surface area contributed by atoms with Gasteiger partial charge in [0.1, 0.15) is 12.2 Å². The first kappa shape index (κ1) is 36.0. The number of rotatable bonds is 17. The Labute approximate surface area is 265 Å². The molecule has 0 aromatic heterocycles. The van der Waals surface area contributed by atoms with Gasteiger partial charge in [0.05, 0.1) is 19.1 Å². The second-order valence-electron chi connectivity index (χ2n) is 13.9. The van der Waals surface area contributed by atoms with Crippen molar-refractivity contribution in [1.82, 2.24) is 10.6 Å². The maximum atomic E-state index is 13.6. The van der Waals surface area contributed by atoms with E-state index in [0.29, 0.717) is 13.0 Å². The van der Waals surface area contributed by atoms with Gasteiger partial charge in [0.15, 0.2) is 5.79 Å². The highest BCUT2D eigenvalue weighted by Gasteiger charge is 2.45. The van der Waals surface area contributed by atoms with Gasteiger partial charge in [-0.2, -0.15) is 0 Å². The smallest absolute Gasteiger partial charge is 0.307 e. The maximum Gasteiger partial charge on any atom is 0.307 e. The van der Waals surface area contributed by atoms with Crippen LogP contribution < -0.4 is 10.6 Å². The molecule has 248 valence electrons. The van der Waals surface area contributed by atoms with Crippen molar-refractivity contribution in [2.45, 2.75) is 149 Å². The SMILES string of the molecule is CCCCCCCCCC(Cc1ccccc1)C(=O)N[C@H]1CCCC[C@@H]1OC(=O)CCNC(=O)C1OC(C)(C)OCC1(C)C. The molecule has 1 aliphatic heterocycles. The summed E-state index contributed by atoms with van der Waals surface area (Å²) >= 11 is 0. The maximum absolute atomic E-state index is 13.6. The molecule has 2 N–H and O–H groups in total. The lowest BCUT2D eigenvalue weighted by Crippen LogP contribution is -2.56. The highest BCUT2D eigenvalue weighted by Crippen LogP contribution is 2.35. The summed E-state index contributed by atoms with van der Waals surface area (Å²) < 4.78 is 17.5. The zero-order valence-electron chi connectivity index (χ0n) is 28.0. The number of hydrogen-bond acceptors (Lipinski definition) is 6. The molecule has 0 radical (unpaired) electrons. The third kappa shape index (κ3) is 12.2. The summed E-state index contributed by atoms with van der Waals surface area (Å²) in [4.78, 5) is 39.4. The Balaban J connectivity index is 1.49. The summed E-state index contributed by atoms with van der Waals surface area (Å²) in [6, 6.07) is 10.0. The van der Waals surface area contributed by atoms with Crippen LogP contribution >= 0.6 is 0 Å². The minimum atomic E-state index is -0.842. The number of hydrogen-bond donors (Lipinski definition) is 2. The Hall–Kier alpha value is -2.45. The van der Waals surface area contributed by atoms with Crippen LogP contribution in [0.2, 0.25) is 0 Å². The number of ether oxygens (including phenoxy) is 3. The van der Waals surface area contributed by atoms with Crippen molar-refractivity contribution in [3.63, 3.8) is 0 Å². The van der Waals surface area contributed by atoms with Crippen LogP contribution in [0.5, 0.6) is 0 Å². The lowest BCUT2D eigenvalue weighted by Gasteiger charge is -2.44. The predicted octanol–water partition coefficient (Wildman–Crippen LogP) is 6.64. The fraction of sp³-hybridized carbons (Fsp3) is 0.750. The molecular formula is C36H58N2O6. The summed E-state index contributed by atoms with van der Waals surface area (Å²) in [5.74, 6) is -1.52. The molecule has 44 heavy (non-hydrogen) atoms. The third-order valence-corrected chi connectivity index (χ3v) is 8.93. The number of carbonyl (C=O) groups is 3. The molecule has 1 aromatic carbocycles. The lowest BCUT2D eigenvalue weighted by atomic mass is 9.85. The number of amides is 2. The van der Waals surface area contributed by atoms with Crippen LogP contribution in [0.3, 0.4) is 0 Å². The van der Waals surface area contributed by atoms with Crippen molar-refractivity contribution < 1.29 is 28.6 Å². The molecule has 0 spiro atoms. The molecule has 2 amide bonds. The summed E-state index contributed by atoms with van der Waals surface area (Å²) in [6.45, 7) is 10.2. The molecular weight excluding hydrogens is 556 g/mol. The fourth-order valence-corrected chi connectivity index (χ4v) is 6.21. The highest BCUT2D eigenvalue weighted by molar-refractivity contribution is 5.82. The van der Waals surface area contributed by atoms with Gasteiger partial charge >= 0.3 is 5.97 Å². The van der Waals surface area contributed by atoms with Crippen LogP contribution in [0.4, 0.5) is 0 Å². The van der Waals surface area contributed by atoms with E-state index in [1.165, 1.54) is 37.7 Å². The average Bonchev–Trinajstić information content (AvgIpc) is 2.99. The van der Waals surface area contributed by atoms with Gasteiger partial charge < -0.3 is 24.8 Å². The molecule has 4 atom stereocenters. The Morgan fingerprint density at radius 3 is 2.36 bits per heavy atom. The average molecular weight is 615 g/mol. The highest BCUT2D eigenvalue weighted by atomic mass is 16.7. The van der Waals surface area contributed by atoms with E-state index in [4.69, 9.17) is 14.2 Å². The molecule has 3 rings (SSSR count). The molecule has 1 heterocycles. The molecule has 8 heteroatoms. The van der Waals surface area contributed by atoms with E-state index < -0.39 is 17.3 Å². The van der Waals surface area contributed by atoms with Crippen LogP contribution in [-0.4, -0.2) is 55.0 Å². The minimum absolute atomic E-state index is 0.0575. The van der Waals surface area contributed by atoms with Gasteiger partial charge in [-0.3, -0.25) is 14.4 Å². The Morgan fingerprint density at radius 2 is 1.64 bits per heavy atom. The van der Waals surface area contributed by atoms with Crippen LogP contribution in [0.1, 0.15) is 124 Å². The van der Waals surface area contributed by atoms with Gasteiger partial charge in [0.2, 0.25) is 11.8 Å². The van der Waals surface area contributed by atoms with Gasteiger partial charge in [0, 0.05) is 17.9 Å². The van der Waals surface area contributed by atoms with E-state index in [-0.39, 0.29) is 48.8 Å². The van der Waals surface area contributed by atoms with E-state index in [1.807, 2.05) is 32.0 Å². The van der Waals surface area contributed by atoms with Crippen molar-refractivity contribution in [3.05, 3.63) is 35.9 Å². The number of benzene rings is 1. The standard InChI is InChI=1S/C36H58N2O6/c1-6-7-8-9-10-11-15-20-28(25-27-18-13-12-14-19-27)33(40)38-29-21-16-17-22-30(29)43-31(39)23-24-37-34(41)32-35(2,3)26-42-36(4,5)44-32/h12-14,18-19,28-30,32H,6-11,15-17,20-26H2,1-5H3,(H,37,41)(H,38,40)/t28?,29-,30-,32?/m0/s1. The van der Waals surface area contributed by atoms with Gasteiger partial charge in [0.25, 0.3) is 0 Å². The molecule has 1 aromatic rings. The Bertz CT molecular complexity index is 1030. The largest absolute Gasteiger partial charge is 0.460 e. The summed E-state index contributed by atoms with van der Waals surface area (Å²) in [5.41, 5.74) is 0.683. The van der Waals surface area contributed by atoms with Crippen molar-refractivity contribution in [2.24, 2.45) is 11.3 Å². The Morgan fingerprint density at radius 1 is 0.955 bits per heavy atom. The van der Waals surface area contributed by atoms with Gasteiger partial charge in [-0.05, 0) is 51.5 Å². The zero-order valence-corrected chi connectivity index (χ0v) is 28.0. The molecule has 0 bridgehead atoms. The van der Waals surface area contributed by atoms with Crippen LogP contribution in [0, 0.1) is 11.3 Å². The molecule has 1 aliphatic carbocycles. The van der Waals surface area contributed by atoms with Gasteiger partial charge in [-0.1, -0.05) is 102 Å². The first-order valence-electron chi connectivity index (χ1n) is 17.1. The second kappa shape index (κ2) is 17.9. The summed E-state index contributed by atoms with van der Waals surface area (Å²) in [5, 5.41) is 6.13. The molecule has 1 saturated heterocycles. The molecule has 2 unspecified atom stereocenters. The molecule has 2 aliphatic rings. The number of unbranched alkanes of at least 4 members (excludes halogenated alkanes) is 6. The summed E-state index contributed by atoms with van der Waals surface area (Å²) in [6.07, 6.45) is 12.6. The number of nitrogens with one attached hydrogen (secondary N) is 2. The van der Waals surface area contributed by atoms with Crippen molar-refractivity contribution in [3.8, 4) is 0 Å². The summed E-state index contributed by atoms with van der Waals surface area (Å²) in [7, 11) is 0. The van der Waals surface area contributed by atoms with Gasteiger partial charge in [-0.15, -0.1) is 0 Å². The Kier molecular flexibility index (Phi) is 14.6. The third-order valence-electron chi connectivity index (χ3n) is 8.93. The normalized spacial score (nSPS) is 23.3. The molecule has 1 saturated carbocycles. The van der Waals surface area contributed by atoms with Crippen molar-refractivity contribution >= 4 is 17.8 Å². The van der Waals surface area contributed by atoms with E-state index in [2.05, 4.69) is 29.7 Å². The van der Waals surface area contributed by atoms with Crippen LogP contribution in [0.15, 0.2) is 30.3 Å². The molecule has 8 nitrogen and oxygen atoms in total.